The number of carbonyl (C=O) groups excluding carboxylic acids is 2. The number of piperazine rings is 1. The number of anilines is 1. The molecular formula is C21H24ClFN4O2. The molecule has 2 N–H and O–H groups in total. The van der Waals surface area contributed by atoms with E-state index in [-0.39, 0.29) is 24.0 Å². The van der Waals surface area contributed by atoms with Gasteiger partial charge in [0.15, 0.2) is 0 Å². The molecule has 1 aliphatic heterocycles. The van der Waals surface area contributed by atoms with Crippen LogP contribution in [0.2, 0.25) is 5.02 Å². The Labute approximate surface area is 174 Å². The first-order valence-electron chi connectivity index (χ1n) is 9.50. The van der Waals surface area contributed by atoms with Gasteiger partial charge in [0.1, 0.15) is 5.82 Å². The van der Waals surface area contributed by atoms with Crippen LogP contribution in [0.5, 0.6) is 0 Å². The molecule has 0 bridgehead atoms. The number of benzene rings is 2. The number of nitrogens with one attached hydrogen (secondary N) is 2. The van der Waals surface area contributed by atoms with Gasteiger partial charge in [0.2, 0.25) is 11.8 Å². The molecule has 0 aromatic heterocycles. The van der Waals surface area contributed by atoms with Gasteiger partial charge in [-0.05, 0) is 23.8 Å². The summed E-state index contributed by atoms with van der Waals surface area (Å²) in [4.78, 5) is 28.4. The predicted molar refractivity (Wildman–Crippen MR) is 111 cm³/mol. The summed E-state index contributed by atoms with van der Waals surface area (Å²) in [6.07, 6.45) is 0. The van der Waals surface area contributed by atoms with E-state index in [1.54, 1.807) is 0 Å². The maximum absolute atomic E-state index is 13.7. The van der Waals surface area contributed by atoms with Gasteiger partial charge in [0, 0.05) is 37.7 Å². The van der Waals surface area contributed by atoms with Crippen LogP contribution in [0.15, 0.2) is 48.5 Å². The highest BCUT2D eigenvalue weighted by Crippen LogP contribution is 2.19. The molecule has 0 spiro atoms. The van der Waals surface area contributed by atoms with Crippen LogP contribution in [0.25, 0.3) is 0 Å². The molecule has 2 amide bonds. The van der Waals surface area contributed by atoms with Crippen LogP contribution in [0, 0.1) is 5.82 Å². The normalized spacial score (nSPS) is 15.1. The second-order valence-electron chi connectivity index (χ2n) is 6.99. The molecule has 2 aromatic carbocycles. The van der Waals surface area contributed by atoms with Crippen molar-refractivity contribution < 1.29 is 14.0 Å². The van der Waals surface area contributed by atoms with E-state index in [2.05, 4.69) is 15.5 Å². The summed E-state index contributed by atoms with van der Waals surface area (Å²) >= 11 is 5.84. The number of nitrogens with zero attached hydrogens (tertiary/aromatic N) is 2. The molecule has 0 unspecified atom stereocenters. The van der Waals surface area contributed by atoms with Gasteiger partial charge in [0.25, 0.3) is 0 Å². The molecule has 0 radical (unpaired) electrons. The monoisotopic (exact) mass is 418 g/mol. The molecule has 3 rings (SSSR count). The Morgan fingerprint density at radius 3 is 2.21 bits per heavy atom. The lowest BCUT2D eigenvalue weighted by atomic mass is 10.2. The van der Waals surface area contributed by atoms with Gasteiger partial charge in [-0.25, -0.2) is 4.39 Å². The van der Waals surface area contributed by atoms with Gasteiger partial charge in [-0.1, -0.05) is 41.9 Å². The molecular weight excluding hydrogens is 395 g/mol. The second-order valence-corrected chi connectivity index (χ2v) is 7.42. The Bertz CT molecular complexity index is 842. The number of hydrogen-bond acceptors (Lipinski definition) is 4. The molecule has 0 atom stereocenters. The van der Waals surface area contributed by atoms with Crippen LogP contribution in [-0.4, -0.2) is 60.9 Å². The molecule has 1 saturated heterocycles. The van der Waals surface area contributed by atoms with E-state index >= 15 is 0 Å². The molecule has 8 heteroatoms. The number of hydrogen-bond donors (Lipinski definition) is 2. The van der Waals surface area contributed by atoms with E-state index in [1.807, 2.05) is 35.2 Å². The first kappa shape index (κ1) is 21.2. The maximum Gasteiger partial charge on any atom is 0.238 e. The van der Waals surface area contributed by atoms with Crippen molar-refractivity contribution in [1.82, 2.24) is 15.1 Å². The van der Waals surface area contributed by atoms with E-state index in [0.29, 0.717) is 44.3 Å². The molecule has 29 heavy (non-hydrogen) atoms. The van der Waals surface area contributed by atoms with Crippen LogP contribution < -0.4 is 10.6 Å². The van der Waals surface area contributed by atoms with Gasteiger partial charge in [-0.2, -0.15) is 0 Å². The highest BCUT2D eigenvalue weighted by Gasteiger charge is 2.21. The second kappa shape index (κ2) is 10.3. The molecule has 2 aromatic rings. The van der Waals surface area contributed by atoms with Crippen molar-refractivity contribution in [2.24, 2.45) is 0 Å². The van der Waals surface area contributed by atoms with E-state index in [1.165, 1.54) is 18.2 Å². The Hall–Kier alpha value is -2.48. The fourth-order valence-corrected chi connectivity index (χ4v) is 3.32. The third-order valence-electron chi connectivity index (χ3n) is 4.73. The molecule has 1 aliphatic rings. The summed E-state index contributed by atoms with van der Waals surface area (Å²) in [5.74, 6) is -0.828. The number of carbonyl (C=O) groups is 2. The van der Waals surface area contributed by atoms with Gasteiger partial charge in [0.05, 0.1) is 18.8 Å². The fraction of sp³-hybridized carbons (Fsp3) is 0.333. The van der Waals surface area contributed by atoms with Crippen molar-refractivity contribution >= 4 is 29.1 Å². The van der Waals surface area contributed by atoms with Crippen LogP contribution in [0.1, 0.15) is 5.56 Å². The standard InChI is InChI=1S/C21H24ClFN4O2/c22-17-6-7-18(23)19(12-17)25-21(29)15-27-10-8-26(9-11-27)14-20(28)24-13-16-4-2-1-3-5-16/h1-7,12H,8-11,13-15H2,(H,24,28)(H,25,29). The minimum atomic E-state index is -0.519. The first-order valence-corrected chi connectivity index (χ1v) is 9.87. The zero-order valence-corrected chi connectivity index (χ0v) is 16.8. The lowest BCUT2D eigenvalue weighted by Gasteiger charge is -2.33. The quantitative estimate of drug-likeness (QED) is 0.724. The Morgan fingerprint density at radius 1 is 0.931 bits per heavy atom. The molecule has 0 aliphatic carbocycles. The Balaban J connectivity index is 1.37. The van der Waals surface area contributed by atoms with Crippen LogP contribution in [0.3, 0.4) is 0 Å². The van der Waals surface area contributed by atoms with Gasteiger partial charge >= 0.3 is 0 Å². The summed E-state index contributed by atoms with van der Waals surface area (Å²) < 4.78 is 13.7. The lowest BCUT2D eigenvalue weighted by molar-refractivity contribution is -0.123. The summed E-state index contributed by atoms with van der Waals surface area (Å²) in [6, 6.07) is 13.8. The fourth-order valence-electron chi connectivity index (χ4n) is 3.15. The molecule has 0 saturated carbocycles. The zero-order chi connectivity index (χ0) is 20.6. The Morgan fingerprint density at radius 2 is 1.55 bits per heavy atom. The summed E-state index contributed by atoms with van der Waals surface area (Å²) in [7, 11) is 0. The average molecular weight is 419 g/mol. The van der Waals surface area contributed by atoms with Crippen molar-refractivity contribution in [3.8, 4) is 0 Å². The average Bonchev–Trinajstić information content (AvgIpc) is 2.71. The third-order valence-corrected chi connectivity index (χ3v) is 4.97. The van der Waals surface area contributed by atoms with E-state index in [4.69, 9.17) is 11.6 Å². The molecule has 6 nitrogen and oxygen atoms in total. The zero-order valence-electron chi connectivity index (χ0n) is 16.0. The predicted octanol–water partition coefficient (Wildman–Crippen LogP) is 2.35. The van der Waals surface area contributed by atoms with Crippen molar-refractivity contribution in [2.75, 3.05) is 44.6 Å². The van der Waals surface area contributed by atoms with E-state index in [9.17, 15) is 14.0 Å². The highest BCUT2D eigenvalue weighted by atomic mass is 35.5. The number of amides is 2. The van der Waals surface area contributed by atoms with Gasteiger partial charge < -0.3 is 10.6 Å². The van der Waals surface area contributed by atoms with Crippen molar-refractivity contribution in [3.63, 3.8) is 0 Å². The SMILES string of the molecule is O=C(CN1CCN(CC(=O)Nc2cc(Cl)ccc2F)CC1)NCc1ccccc1. The smallest absolute Gasteiger partial charge is 0.238 e. The van der Waals surface area contributed by atoms with Crippen molar-refractivity contribution in [1.29, 1.82) is 0 Å². The highest BCUT2D eigenvalue weighted by molar-refractivity contribution is 6.30. The summed E-state index contributed by atoms with van der Waals surface area (Å²) in [5.41, 5.74) is 1.14. The lowest BCUT2D eigenvalue weighted by Crippen LogP contribution is -2.50. The topological polar surface area (TPSA) is 64.7 Å². The largest absolute Gasteiger partial charge is 0.351 e. The summed E-state index contributed by atoms with van der Waals surface area (Å²) in [6.45, 7) is 3.73. The van der Waals surface area contributed by atoms with Crippen LogP contribution >= 0.6 is 11.6 Å². The summed E-state index contributed by atoms with van der Waals surface area (Å²) in [5, 5.41) is 5.84. The maximum atomic E-state index is 13.7. The van der Waals surface area contributed by atoms with Gasteiger partial charge in [-0.3, -0.25) is 19.4 Å². The van der Waals surface area contributed by atoms with E-state index in [0.717, 1.165) is 5.56 Å². The minimum absolute atomic E-state index is 0.0172. The van der Waals surface area contributed by atoms with Crippen LogP contribution in [-0.2, 0) is 16.1 Å². The number of halogens is 2. The van der Waals surface area contributed by atoms with E-state index < -0.39 is 5.82 Å². The van der Waals surface area contributed by atoms with Crippen molar-refractivity contribution in [3.05, 3.63) is 64.9 Å². The van der Waals surface area contributed by atoms with Gasteiger partial charge in [-0.15, -0.1) is 0 Å². The number of rotatable bonds is 7. The molecule has 1 heterocycles. The van der Waals surface area contributed by atoms with Crippen molar-refractivity contribution in [2.45, 2.75) is 6.54 Å². The first-order chi connectivity index (χ1) is 14.0. The van der Waals surface area contributed by atoms with Crippen LogP contribution in [0.4, 0.5) is 10.1 Å². The molecule has 154 valence electrons. The molecule has 1 fully saturated rings. The Kier molecular flexibility index (Phi) is 7.57. The third kappa shape index (κ3) is 6.81. The minimum Gasteiger partial charge on any atom is -0.351 e.